The summed E-state index contributed by atoms with van der Waals surface area (Å²) >= 11 is 0. The van der Waals surface area contributed by atoms with Crippen LogP contribution < -0.4 is 4.74 Å². The zero-order valence-corrected chi connectivity index (χ0v) is 16.1. The van der Waals surface area contributed by atoms with Crippen molar-refractivity contribution in [3.05, 3.63) is 24.3 Å². The number of hydrogen-bond donors (Lipinski definition) is 0. The molecule has 2 heterocycles. The Bertz CT molecular complexity index is 796. The van der Waals surface area contributed by atoms with Gasteiger partial charge in [-0.05, 0) is 57.1 Å². The van der Waals surface area contributed by atoms with Gasteiger partial charge in [-0.25, -0.2) is 16.8 Å². The third-order valence-corrected chi connectivity index (χ3v) is 9.13. The van der Waals surface area contributed by atoms with Crippen LogP contribution in [0.2, 0.25) is 0 Å². The van der Waals surface area contributed by atoms with Crippen molar-refractivity contribution >= 4 is 19.7 Å². The van der Waals surface area contributed by atoms with Crippen molar-refractivity contribution in [3.63, 3.8) is 0 Å². The molecule has 1 aromatic carbocycles. The van der Waals surface area contributed by atoms with Crippen molar-refractivity contribution in [2.75, 3.05) is 31.2 Å². The summed E-state index contributed by atoms with van der Waals surface area (Å²) in [5.74, 6) is 0.255. The van der Waals surface area contributed by atoms with Crippen molar-refractivity contribution in [1.29, 1.82) is 0 Å². The van der Waals surface area contributed by atoms with Crippen LogP contribution in [0.5, 0.6) is 5.75 Å². The lowest BCUT2D eigenvalue weighted by molar-refractivity contribution is 0.178. The fourth-order valence-electron chi connectivity index (χ4n) is 3.75. The summed E-state index contributed by atoms with van der Waals surface area (Å²) in [6.07, 6.45) is 3.10. The molecule has 140 valence electrons. The van der Waals surface area contributed by atoms with Crippen LogP contribution in [0.25, 0.3) is 0 Å². The van der Waals surface area contributed by atoms with Crippen molar-refractivity contribution in [3.8, 4) is 5.75 Å². The number of ether oxygens (including phenoxy) is 1. The van der Waals surface area contributed by atoms with Gasteiger partial charge in [-0.3, -0.25) is 4.90 Å². The molecule has 0 radical (unpaired) electrons. The molecule has 6 nitrogen and oxygen atoms in total. The highest BCUT2D eigenvalue weighted by Crippen LogP contribution is 2.31. The van der Waals surface area contributed by atoms with E-state index in [9.17, 15) is 16.8 Å². The first-order valence-electron chi connectivity index (χ1n) is 8.75. The number of likely N-dealkylation sites (tertiary alicyclic amines) is 1. The first-order chi connectivity index (χ1) is 11.8. The molecule has 3 rings (SSSR count). The lowest BCUT2D eigenvalue weighted by Crippen LogP contribution is -2.48. The zero-order chi connectivity index (χ0) is 18.1. The minimum absolute atomic E-state index is 0.0616. The zero-order valence-electron chi connectivity index (χ0n) is 14.4. The third kappa shape index (κ3) is 4.01. The summed E-state index contributed by atoms with van der Waals surface area (Å²) in [5.41, 5.74) is 0. The first kappa shape index (κ1) is 18.7. The van der Waals surface area contributed by atoms with E-state index in [1.54, 1.807) is 12.1 Å². The second-order valence-corrected chi connectivity index (χ2v) is 11.0. The normalized spacial score (nSPS) is 27.2. The standard InChI is InChI=1S/C17H25NO5S2/c1-2-23-14-6-8-15(9-7-14)25(21,22)17-13-24(19,20)12-16(17)18-10-4-3-5-11-18/h6-9,16-17H,2-5,10-13H2,1H3/t16-,17-/m0/s1. The van der Waals surface area contributed by atoms with Crippen LogP contribution >= 0.6 is 0 Å². The van der Waals surface area contributed by atoms with Crippen molar-refractivity contribution in [1.82, 2.24) is 4.90 Å². The minimum Gasteiger partial charge on any atom is -0.494 e. The van der Waals surface area contributed by atoms with E-state index in [4.69, 9.17) is 4.74 Å². The summed E-state index contributed by atoms with van der Waals surface area (Å²) < 4.78 is 56.0. The van der Waals surface area contributed by atoms with Gasteiger partial charge in [0.05, 0.1) is 28.3 Å². The fourth-order valence-corrected chi connectivity index (χ4v) is 8.58. The van der Waals surface area contributed by atoms with Crippen molar-refractivity contribution in [2.24, 2.45) is 0 Å². The van der Waals surface area contributed by atoms with Crippen LogP contribution in [-0.4, -0.2) is 64.2 Å². The molecule has 8 heteroatoms. The van der Waals surface area contributed by atoms with Crippen LogP contribution in [0.1, 0.15) is 26.2 Å². The maximum atomic E-state index is 13.1. The Morgan fingerprint density at radius 1 is 1.08 bits per heavy atom. The number of piperidine rings is 1. The number of rotatable bonds is 5. The summed E-state index contributed by atoms with van der Waals surface area (Å²) in [6, 6.07) is 5.82. The van der Waals surface area contributed by atoms with Gasteiger partial charge in [0.2, 0.25) is 0 Å². The maximum absolute atomic E-state index is 13.1. The summed E-state index contributed by atoms with van der Waals surface area (Å²) in [6.45, 7) is 3.91. The van der Waals surface area contributed by atoms with E-state index in [0.29, 0.717) is 12.4 Å². The smallest absolute Gasteiger partial charge is 0.183 e. The Kier molecular flexibility index (Phi) is 5.41. The Hall–Kier alpha value is -1.12. The van der Waals surface area contributed by atoms with Crippen LogP contribution in [0.15, 0.2) is 29.2 Å². The molecular formula is C17H25NO5S2. The van der Waals surface area contributed by atoms with Crippen molar-refractivity contribution < 1.29 is 21.6 Å². The maximum Gasteiger partial charge on any atom is 0.183 e. The van der Waals surface area contributed by atoms with Crippen LogP contribution in [0.4, 0.5) is 0 Å². The molecule has 1 aromatic rings. The van der Waals surface area contributed by atoms with Gasteiger partial charge >= 0.3 is 0 Å². The van der Waals surface area contributed by atoms with E-state index in [1.807, 2.05) is 6.92 Å². The van der Waals surface area contributed by atoms with E-state index < -0.39 is 31.0 Å². The molecule has 0 amide bonds. The molecule has 0 bridgehead atoms. The molecule has 0 aromatic heterocycles. The fraction of sp³-hybridized carbons (Fsp3) is 0.647. The highest BCUT2D eigenvalue weighted by atomic mass is 32.2. The Balaban J connectivity index is 1.90. The quantitative estimate of drug-likeness (QED) is 0.762. The minimum atomic E-state index is -3.72. The number of nitrogens with zero attached hydrogens (tertiary/aromatic N) is 1. The van der Waals surface area contributed by atoms with E-state index >= 15 is 0 Å². The van der Waals surface area contributed by atoms with E-state index in [-0.39, 0.29) is 16.4 Å². The first-order valence-corrected chi connectivity index (χ1v) is 12.1. The van der Waals surface area contributed by atoms with Gasteiger partial charge in [0.1, 0.15) is 5.75 Å². The average Bonchev–Trinajstić information content (AvgIpc) is 2.93. The lowest BCUT2D eigenvalue weighted by Gasteiger charge is -2.34. The Morgan fingerprint density at radius 3 is 2.32 bits per heavy atom. The summed E-state index contributed by atoms with van der Waals surface area (Å²) in [7, 11) is -7.06. The Labute approximate surface area is 150 Å². The molecule has 2 aliphatic rings. The highest BCUT2D eigenvalue weighted by Gasteiger charge is 2.48. The summed E-state index contributed by atoms with van der Waals surface area (Å²) in [5, 5.41) is -0.895. The van der Waals surface area contributed by atoms with Crippen molar-refractivity contribution in [2.45, 2.75) is 42.4 Å². The number of benzene rings is 1. The molecule has 0 aliphatic carbocycles. The van der Waals surface area contributed by atoms with Gasteiger partial charge in [-0.2, -0.15) is 0 Å². The molecule has 2 saturated heterocycles. The second-order valence-electron chi connectivity index (χ2n) is 6.73. The van der Waals surface area contributed by atoms with Crippen LogP contribution in [-0.2, 0) is 19.7 Å². The molecule has 0 saturated carbocycles. The van der Waals surface area contributed by atoms with Gasteiger partial charge in [0, 0.05) is 6.04 Å². The predicted octanol–water partition coefficient (Wildman–Crippen LogP) is 1.51. The number of sulfone groups is 2. The van der Waals surface area contributed by atoms with Crippen LogP contribution in [0, 0.1) is 0 Å². The Morgan fingerprint density at radius 2 is 1.72 bits per heavy atom. The molecule has 0 spiro atoms. The predicted molar refractivity (Wildman–Crippen MR) is 96.5 cm³/mol. The van der Waals surface area contributed by atoms with Gasteiger partial charge in [0.25, 0.3) is 0 Å². The van der Waals surface area contributed by atoms with Gasteiger partial charge in [-0.15, -0.1) is 0 Å². The highest BCUT2D eigenvalue weighted by molar-refractivity contribution is 7.96. The van der Waals surface area contributed by atoms with Crippen LogP contribution in [0.3, 0.4) is 0 Å². The van der Waals surface area contributed by atoms with Gasteiger partial charge in [0.15, 0.2) is 19.7 Å². The molecule has 2 atom stereocenters. The largest absolute Gasteiger partial charge is 0.494 e. The van der Waals surface area contributed by atoms with E-state index in [2.05, 4.69) is 4.90 Å². The lowest BCUT2D eigenvalue weighted by atomic mass is 10.1. The number of hydrogen-bond acceptors (Lipinski definition) is 6. The van der Waals surface area contributed by atoms with Gasteiger partial charge < -0.3 is 4.74 Å². The molecular weight excluding hydrogens is 362 g/mol. The topological polar surface area (TPSA) is 80.8 Å². The molecule has 2 fully saturated rings. The average molecular weight is 388 g/mol. The molecule has 25 heavy (non-hydrogen) atoms. The molecule has 0 N–H and O–H groups in total. The third-order valence-electron chi connectivity index (χ3n) is 4.99. The molecule has 2 aliphatic heterocycles. The second kappa shape index (κ2) is 7.25. The molecule has 0 unspecified atom stereocenters. The van der Waals surface area contributed by atoms with E-state index in [1.165, 1.54) is 12.1 Å². The summed E-state index contributed by atoms with van der Waals surface area (Å²) in [4.78, 5) is 2.23. The monoisotopic (exact) mass is 387 g/mol. The SMILES string of the molecule is CCOc1ccc(S(=O)(=O)[C@H]2CS(=O)(=O)C[C@@H]2N2CCCCC2)cc1. The van der Waals surface area contributed by atoms with Gasteiger partial charge in [-0.1, -0.05) is 6.42 Å². The van der Waals surface area contributed by atoms with E-state index in [0.717, 1.165) is 32.4 Å².